The van der Waals surface area contributed by atoms with Gasteiger partial charge in [-0.15, -0.1) is 11.8 Å². The van der Waals surface area contributed by atoms with Gasteiger partial charge in [-0.1, -0.05) is 12.1 Å². The van der Waals surface area contributed by atoms with Gasteiger partial charge >= 0.3 is 6.18 Å². The van der Waals surface area contributed by atoms with E-state index in [0.29, 0.717) is 11.3 Å². The van der Waals surface area contributed by atoms with Gasteiger partial charge in [0.25, 0.3) is 5.91 Å². The van der Waals surface area contributed by atoms with Crippen LogP contribution in [0, 0.1) is 0 Å². The molecule has 1 saturated heterocycles. The van der Waals surface area contributed by atoms with E-state index in [1.54, 1.807) is 12.1 Å². The van der Waals surface area contributed by atoms with Crippen LogP contribution >= 0.6 is 11.8 Å². The van der Waals surface area contributed by atoms with Crippen molar-refractivity contribution in [1.82, 2.24) is 10.2 Å². The van der Waals surface area contributed by atoms with Crippen LogP contribution in [0.1, 0.15) is 32.6 Å². The van der Waals surface area contributed by atoms with E-state index in [4.69, 9.17) is 18.6 Å². The van der Waals surface area contributed by atoms with Crippen LogP contribution in [-0.2, 0) is 17.5 Å². The summed E-state index contributed by atoms with van der Waals surface area (Å²) < 4.78 is 60.7. The van der Waals surface area contributed by atoms with Crippen molar-refractivity contribution in [3.05, 3.63) is 77.2 Å². The number of nitrogens with zero attached hydrogens (tertiary/aromatic N) is 1. The number of alkyl halides is 3. The summed E-state index contributed by atoms with van der Waals surface area (Å²) in [4.78, 5) is 28.5. The van der Waals surface area contributed by atoms with E-state index < -0.39 is 35.0 Å². The zero-order valence-corrected chi connectivity index (χ0v) is 21.5. The number of methoxy groups -OCH3 is 3. The minimum absolute atomic E-state index is 0.115. The number of nitrogens with one attached hydrogen (secondary N) is 1. The molecule has 1 fully saturated rings. The molecule has 0 bridgehead atoms. The van der Waals surface area contributed by atoms with Gasteiger partial charge in [0.2, 0.25) is 11.7 Å². The largest absolute Gasteiger partial charge is 0.493 e. The normalized spacial score (nSPS) is 17.3. The van der Waals surface area contributed by atoms with Gasteiger partial charge in [-0.2, -0.15) is 13.2 Å². The molecule has 0 radical (unpaired) electrons. The van der Waals surface area contributed by atoms with Crippen molar-refractivity contribution in [2.45, 2.75) is 24.1 Å². The van der Waals surface area contributed by atoms with Crippen molar-refractivity contribution in [3.63, 3.8) is 0 Å². The third-order valence-electron chi connectivity index (χ3n) is 5.99. The van der Waals surface area contributed by atoms with Crippen molar-refractivity contribution in [2.24, 2.45) is 0 Å². The first-order valence-corrected chi connectivity index (χ1v) is 12.4. The maximum atomic E-state index is 13.9. The summed E-state index contributed by atoms with van der Waals surface area (Å²) >= 11 is 1.28. The molecular formula is C26H25F3N2O6S. The molecule has 1 N–H and O–H groups in total. The number of carbonyl (C=O) groups excluding carboxylic acids is 2. The highest BCUT2D eigenvalue weighted by atomic mass is 32.2. The average molecular weight is 551 g/mol. The Morgan fingerprint density at radius 1 is 1.05 bits per heavy atom. The number of hydrogen-bond donors (Lipinski definition) is 1. The fraction of sp³-hybridized carbons (Fsp3) is 0.308. The number of carbonyl (C=O) groups is 2. The number of ether oxygens (including phenoxy) is 3. The van der Waals surface area contributed by atoms with Crippen LogP contribution in [0.2, 0.25) is 0 Å². The summed E-state index contributed by atoms with van der Waals surface area (Å²) in [5.74, 6) is 0.576. The second-order valence-electron chi connectivity index (χ2n) is 8.24. The molecule has 0 spiro atoms. The monoisotopic (exact) mass is 550 g/mol. The van der Waals surface area contributed by atoms with Gasteiger partial charge < -0.3 is 28.8 Å². The molecular weight excluding hydrogens is 525 g/mol. The van der Waals surface area contributed by atoms with Crippen molar-refractivity contribution < 1.29 is 41.4 Å². The van der Waals surface area contributed by atoms with Gasteiger partial charge in [0.1, 0.15) is 17.2 Å². The topological polar surface area (TPSA) is 90.2 Å². The molecule has 2 aromatic carbocycles. The molecule has 8 nitrogen and oxygen atoms in total. The molecule has 202 valence electrons. The first kappa shape index (κ1) is 27.2. The lowest BCUT2D eigenvalue weighted by molar-refractivity contribution is -0.137. The second-order valence-corrected chi connectivity index (χ2v) is 9.36. The zero-order chi connectivity index (χ0) is 27.4. The van der Waals surface area contributed by atoms with Crippen LogP contribution in [0.15, 0.2) is 59.2 Å². The number of thioether (sulfide) groups is 1. The molecule has 38 heavy (non-hydrogen) atoms. The van der Waals surface area contributed by atoms with Gasteiger partial charge in [0.05, 0.1) is 39.7 Å². The summed E-state index contributed by atoms with van der Waals surface area (Å²) in [6.45, 7) is 0.115. The molecule has 1 aromatic heterocycles. The molecule has 2 unspecified atom stereocenters. The molecule has 2 heterocycles. The third-order valence-corrected chi connectivity index (χ3v) is 7.31. The van der Waals surface area contributed by atoms with Crippen LogP contribution in [0.3, 0.4) is 0 Å². The maximum absolute atomic E-state index is 13.9. The van der Waals surface area contributed by atoms with Gasteiger partial charge in [-0.3, -0.25) is 9.59 Å². The fourth-order valence-electron chi connectivity index (χ4n) is 4.11. The van der Waals surface area contributed by atoms with Gasteiger partial charge in [-0.05, 0) is 42.0 Å². The summed E-state index contributed by atoms with van der Waals surface area (Å²) in [5, 5.41) is 2.05. The molecule has 0 aliphatic carbocycles. The standard InChI is InChI=1S/C26H25F3N2O6S/c1-34-20-11-16(12-21(35-2)22(20)36-3)24(33)31-19(23(32)30-13-18-5-4-10-37-18)14-38-25(31)15-6-8-17(9-7-15)26(27,28)29/h4-12,19,25H,13-14H2,1-3H3,(H,30,32). The molecule has 1 aliphatic rings. The van der Waals surface area contributed by atoms with Crippen LogP contribution in [0.4, 0.5) is 13.2 Å². The lowest BCUT2D eigenvalue weighted by Crippen LogP contribution is -2.47. The van der Waals surface area contributed by atoms with Crippen LogP contribution in [-0.4, -0.2) is 49.8 Å². The lowest BCUT2D eigenvalue weighted by Gasteiger charge is -2.29. The first-order valence-electron chi connectivity index (χ1n) is 11.4. The van der Waals surface area contributed by atoms with E-state index in [1.165, 1.54) is 68.5 Å². The van der Waals surface area contributed by atoms with Crippen molar-refractivity contribution >= 4 is 23.6 Å². The van der Waals surface area contributed by atoms with Gasteiger partial charge in [-0.25, -0.2) is 0 Å². The molecule has 2 atom stereocenters. The molecule has 12 heteroatoms. The molecule has 0 saturated carbocycles. The SMILES string of the molecule is COc1cc(C(=O)N2C(C(=O)NCc3ccco3)CSC2c2ccc(C(F)(F)F)cc2)cc(OC)c1OC. The Morgan fingerprint density at radius 3 is 2.24 bits per heavy atom. The average Bonchev–Trinajstić information content (AvgIpc) is 3.60. The highest BCUT2D eigenvalue weighted by molar-refractivity contribution is 7.99. The fourth-order valence-corrected chi connectivity index (χ4v) is 5.54. The minimum Gasteiger partial charge on any atom is -0.493 e. The third kappa shape index (κ3) is 5.54. The van der Waals surface area contributed by atoms with E-state index in [9.17, 15) is 22.8 Å². The predicted octanol–water partition coefficient (Wildman–Crippen LogP) is 4.90. The van der Waals surface area contributed by atoms with Crippen LogP contribution in [0.25, 0.3) is 0 Å². The van der Waals surface area contributed by atoms with E-state index in [1.807, 2.05) is 0 Å². The Kier molecular flexibility index (Phi) is 8.10. The summed E-state index contributed by atoms with van der Waals surface area (Å²) in [6.07, 6.45) is -3.02. The van der Waals surface area contributed by atoms with E-state index in [-0.39, 0.29) is 35.1 Å². The summed E-state index contributed by atoms with van der Waals surface area (Å²) in [5.41, 5.74) is -0.202. The number of amides is 2. The molecule has 2 amide bonds. The van der Waals surface area contributed by atoms with E-state index in [0.717, 1.165) is 12.1 Å². The smallest absolute Gasteiger partial charge is 0.416 e. The molecule has 4 rings (SSSR count). The minimum atomic E-state index is -4.50. The summed E-state index contributed by atoms with van der Waals surface area (Å²) in [7, 11) is 4.25. The van der Waals surface area contributed by atoms with Gasteiger partial charge in [0, 0.05) is 11.3 Å². The highest BCUT2D eigenvalue weighted by Gasteiger charge is 2.43. The molecule has 1 aliphatic heterocycles. The second kappa shape index (κ2) is 11.3. The zero-order valence-electron chi connectivity index (χ0n) is 20.7. The Labute approximate surface area is 221 Å². The van der Waals surface area contributed by atoms with Crippen molar-refractivity contribution in [3.8, 4) is 17.2 Å². The van der Waals surface area contributed by atoms with E-state index >= 15 is 0 Å². The number of benzene rings is 2. The van der Waals surface area contributed by atoms with Crippen LogP contribution in [0.5, 0.6) is 17.2 Å². The van der Waals surface area contributed by atoms with Gasteiger partial charge in [0.15, 0.2) is 11.5 Å². The first-order chi connectivity index (χ1) is 18.2. The van der Waals surface area contributed by atoms with Crippen molar-refractivity contribution in [2.75, 3.05) is 27.1 Å². The number of furan rings is 1. The highest BCUT2D eigenvalue weighted by Crippen LogP contribution is 2.45. The van der Waals surface area contributed by atoms with E-state index in [2.05, 4.69) is 5.32 Å². The van der Waals surface area contributed by atoms with Crippen LogP contribution < -0.4 is 19.5 Å². The lowest BCUT2D eigenvalue weighted by atomic mass is 10.1. The summed E-state index contributed by atoms with van der Waals surface area (Å²) in [6, 6.07) is 9.97. The Bertz CT molecular complexity index is 1260. The number of hydrogen-bond acceptors (Lipinski definition) is 7. The quantitative estimate of drug-likeness (QED) is 0.427. The molecule has 3 aromatic rings. The van der Waals surface area contributed by atoms with Crippen molar-refractivity contribution in [1.29, 1.82) is 0 Å². The maximum Gasteiger partial charge on any atom is 0.416 e. The number of rotatable bonds is 8. The Balaban J connectivity index is 1.70. The Hall–Kier alpha value is -3.80. The Morgan fingerprint density at radius 2 is 1.71 bits per heavy atom. The predicted molar refractivity (Wildman–Crippen MR) is 133 cm³/mol. The number of halogens is 3.